The minimum atomic E-state index is -2.55. The molecule has 2 aromatic rings. The summed E-state index contributed by atoms with van der Waals surface area (Å²) in [7, 11) is -0.327. The monoisotopic (exact) mass is 487 g/mol. The molecule has 8 heteroatoms. The lowest BCUT2D eigenvalue weighted by Gasteiger charge is -2.41. The minimum Gasteiger partial charge on any atom is -0.306 e. The zero-order valence-electron chi connectivity index (χ0n) is 19.2. The molecule has 0 saturated carbocycles. The average Bonchev–Trinajstić information content (AvgIpc) is 3.34. The first-order chi connectivity index (χ1) is 15.9. The lowest BCUT2D eigenvalue weighted by atomic mass is 10.0. The van der Waals surface area contributed by atoms with Gasteiger partial charge >= 0.3 is 0 Å². The van der Waals surface area contributed by atoms with Crippen LogP contribution in [-0.4, -0.2) is 65.1 Å². The van der Waals surface area contributed by atoms with Gasteiger partial charge in [0.05, 0.1) is 12.3 Å². The maximum Gasteiger partial charge on any atom is 0.278 e. The van der Waals surface area contributed by atoms with Crippen molar-refractivity contribution in [1.29, 1.82) is 0 Å². The predicted octanol–water partition coefficient (Wildman–Crippen LogP) is 5.70. The molecular weight excluding hydrogens is 452 g/mol. The zero-order valence-corrected chi connectivity index (χ0v) is 20.0. The van der Waals surface area contributed by atoms with Crippen molar-refractivity contribution in [2.45, 2.75) is 46.7 Å². The maximum absolute atomic E-state index is 12.9. The van der Waals surface area contributed by atoms with Gasteiger partial charge in [0, 0.05) is 44.3 Å². The average molecular weight is 488 g/mol. The third-order valence-electron chi connectivity index (χ3n) is 6.11. The molecule has 1 saturated heterocycles. The van der Waals surface area contributed by atoms with Crippen LogP contribution in [0.1, 0.15) is 38.8 Å². The summed E-state index contributed by atoms with van der Waals surface area (Å²) in [5.74, 6) is 4.57. The molecule has 0 radical (unpaired) electrons. The van der Waals surface area contributed by atoms with Crippen molar-refractivity contribution in [1.82, 2.24) is 9.21 Å². The van der Waals surface area contributed by atoms with Crippen LogP contribution < -0.4 is 4.31 Å². The highest BCUT2D eigenvalue weighted by molar-refractivity contribution is 8.13. The number of nitrogens with zero attached hydrogens (tertiary/aromatic N) is 5. The van der Waals surface area contributed by atoms with E-state index in [0.717, 1.165) is 43.0 Å². The molecule has 2 heterocycles. The molecule has 5 nitrogen and oxygen atoms in total. The summed E-state index contributed by atoms with van der Waals surface area (Å²) < 4.78 is 30.6. The van der Waals surface area contributed by atoms with Crippen LogP contribution in [0.2, 0.25) is 0 Å². The molecule has 2 aliphatic heterocycles. The van der Waals surface area contributed by atoms with Crippen molar-refractivity contribution in [3.8, 4) is 0 Å². The molecule has 34 heavy (non-hydrogen) atoms. The van der Waals surface area contributed by atoms with Crippen molar-refractivity contribution in [2.24, 2.45) is 10.2 Å². The number of rotatable bonds is 8. The molecule has 4 rings (SSSR count). The van der Waals surface area contributed by atoms with Crippen LogP contribution in [0.15, 0.2) is 64.8 Å². The quantitative estimate of drug-likeness (QED) is 0.448. The van der Waals surface area contributed by atoms with Crippen molar-refractivity contribution in [3.05, 3.63) is 65.7 Å². The Morgan fingerprint density at radius 2 is 1.62 bits per heavy atom. The van der Waals surface area contributed by atoms with Gasteiger partial charge in [-0.15, -0.1) is 0 Å². The summed E-state index contributed by atoms with van der Waals surface area (Å²) in [6.45, 7) is 9.32. The van der Waals surface area contributed by atoms with Crippen molar-refractivity contribution in [3.63, 3.8) is 0 Å². The van der Waals surface area contributed by atoms with Gasteiger partial charge in [-0.1, -0.05) is 49.9 Å². The predicted molar refractivity (Wildman–Crippen MR) is 143 cm³/mol. The van der Waals surface area contributed by atoms with Gasteiger partial charge in [-0.2, -0.15) is 10.2 Å². The molecular formula is C26H35F2N5S. The fraction of sp³-hybridized carbons (Fsp3) is 0.423. The van der Waals surface area contributed by atoms with E-state index >= 15 is 0 Å². The molecule has 1 atom stereocenters. The van der Waals surface area contributed by atoms with E-state index in [-0.39, 0.29) is 30.4 Å². The molecule has 0 aromatic heterocycles. The van der Waals surface area contributed by atoms with E-state index in [1.165, 1.54) is 0 Å². The number of anilines is 1. The fourth-order valence-corrected chi connectivity index (χ4v) is 5.59. The number of piperazine rings is 1. The Kier molecular flexibility index (Phi) is 9.10. The molecule has 0 N–H and O–H groups in total. The highest BCUT2D eigenvalue weighted by Gasteiger charge is 2.24. The second kappa shape index (κ2) is 11.8. The highest BCUT2D eigenvalue weighted by atomic mass is 32.2. The van der Waals surface area contributed by atoms with Crippen LogP contribution in [0.3, 0.4) is 0 Å². The Morgan fingerprint density at radius 1 is 0.971 bits per heavy atom. The van der Waals surface area contributed by atoms with E-state index in [1.54, 1.807) is 0 Å². The topological polar surface area (TPSA) is 34.4 Å². The number of alkyl halides is 2. The van der Waals surface area contributed by atoms with Gasteiger partial charge in [0.2, 0.25) is 0 Å². The number of halogens is 2. The Hall–Kier alpha value is -2.42. The summed E-state index contributed by atoms with van der Waals surface area (Å²) >= 11 is 0. The largest absolute Gasteiger partial charge is 0.306 e. The van der Waals surface area contributed by atoms with Gasteiger partial charge in [0.1, 0.15) is 5.71 Å². The van der Waals surface area contributed by atoms with Gasteiger partial charge in [-0.05, 0) is 53.8 Å². The summed E-state index contributed by atoms with van der Waals surface area (Å²) in [6, 6.07) is 18.9. The van der Waals surface area contributed by atoms with Crippen molar-refractivity contribution >= 4 is 33.8 Å². The molecule has 0 bridgehead atoms. The molecule has 2 aliphatic rings. The van der Waals surface area contributed by atoms with Gasteiger partial charge in [0.25, 0.3) is 6.43 Å². The smallest absolute Gasteiger partial charge is 0.278 e. The van der Waals surface area contributed by atoms with E-state index in [4.69, 9.17) is 0 Å². The fourth-order valence-electron chi connectivity index (χ4n) is 4.07. The van der Waals surface area contributed by atoms with Crippen LogP contribution >= 0.6 is 10.9 Å². The van der Waals surface area contributed by atoms with Crippen molar-refractivity contribution in [2.75, 3.05) is 30.5 Å². The van der Waals surface area contributed by atoms with Crippen LogP contribution in [0.5, 0.6) is 0 Å². The molecule has 0 amide bonds. The van der Waals surface area contributed by atoms with Gasteiger partial charge in [0.15, 0.2) is 0 Å². The van der Waals surface area contributed by atoms with Gasteiger partial charge < -0.3 is 4.31 Å². The van der Waals surface area contributed by atoms with E-state index in [2.05, 4.69) is 67.7 Å². The standard InChI is InChI=1S/C25H31F2N5S.CH4/c1-19(2)30-13-15-31(16-14-30)33(3)32(22-7-5-4-6-8-22)18-20-9-11-21(12-10-20)23-17-24(25(26)27)29-28-23;/h4-12,19,25H,3,13-18H2,1-2H3;1H4. The molecule has 1 unspecified atom stereocenters. The minimum absolute atomic E-state index is 0. The Morgan fingerprint density at radius 3 is 2.18 bits per heavy atom. The lowest BCUT2D eigenvalue weighted by Crippen LogP contribution is -2.48. The highest BCUT2D eigenvalue weighted by Crippen LogP contribution is 2.33. The zero-order chi connectivity index (χ0) is 23.4. The maximum atomic E-state index is 12.9. The number of benzene rings is 2. The number of hydrogen-bond donors (Lipinski definition) is 0. The van der Waals surface area contributed by atoms with Crippen LogP contribution in [0.25, 0.3) is 0 Å². The number of hydrogen-bond acceptors (Lipinski definition) is 5. The van der Waals surface area contributed by atoms with E-state index < -0.39 is 6.43 Å². The molecule has 2 aromatic carbocycles. The summed E-state index contributed by atoms with van der Waals surface area (Å²) in [5, 5.41) is 7.57. The second-order valence-corrected chi connectivity index (χ2v) is 10.2. The molecule has 0 spiro atoms. The molecule has 184 valence electrons. The third-order valence-corrected chi connectivity index (χ3v) is 7.92. The van der Waals surface area contributed by atoms with Gasteiger partial charge in [-0.25, -0.2) is 13.1 Å². The molecule has 1 fully saturated rings. The number of para-hydroxylation sites is 1. The SMILES string of the molecule is C.C=S(N1CCN(C(C)C)CC1)N(Cc1ccc(C2=NN=C(C(F)F)C2)cc1)c1ccccc1. The van der Waals surface area contributed by atoms with E-state index in [9.17, 15) is 8.78 Å². The Balaban J connectivity index is 0.00000324. The summed E-state index contributed by atoms with van der Waals surface area (Å²) in [5.41, 5.74) is 3.54. The summed E-state index contributed by atoms with van der Waals surface area (Å²) in [6.07, 6.45) is -2.44. The second-order valence-electron chi connectivity index (χ2n) is 8.58. The third kappa shape index (κ3) is 6.17. The first-order valence-corrected chi connectivity index (χ1v) is 12.6. The first kappa shape index (κ1) is 26.2. The van der Waals surface area contributed by atoms with Crippen molar-refractivity contribution < 1.29 is 8.78 Å². The summed E-state index contributed by atoms with van der Waals surface area (Å²) in [4.78, 5) is 2.51. The van der Waals surface area contributed by atoms with Crippen LogP contribution in [-0.2, 0) is 6.54 Å². The van der Waals surface area contributed by atoms with Crippen LogP contribution in [0, 0.1) is 0 Å². The van der Waals surface area contributed by atoms with Gasteiger partial charge in [-0.3, -0.25) is 4.90 Å². The Labute approximate surface area is 205 Å². The normalized spacial score (nSPS) is 17.9. The Bertz CT molecular complexity index is 1010. The lowest BCUT2D eigenvalue weighted by molar-refractivity contribution is 0.160. The van der Waals surface area contributed by atoms with Crippen LogP contribution in [0.4, 0.5) is 14.5 Å². The van der Waals surface area contributed by atoms with E-state index in [1.807, 2.05) is 30.3 Å². The molecule has 0 aliphatic carbocycles. The first-order valence-electron chi connectivity index (χ1n) is 11.3. The van der Waals surface area contributed by atoms with E-state index in [0.29, 0.717) is 18.3 Å².